The molecule has 1 aliphatic rings. The molecule has 4 N–H and O–H groups in total. The van der Waals surface area contributed by atoms with Crippen molar-refractivity contribution in [2.24, 2.45) is 16.6 Å². The summed E-state index contributed by atoms with van der Waals surface area (Å²) in [6.45, 7) is 2.08. The van der Waals surface area contributed by atoms with Crippen LogP contribution in [0.25, 0.3) is 10.8 Å². The third-order valence-corrected chi connectivity index (χ3v) is 5.36. The van der Waals surface area contributed by atoms with Gasteiger partial charge in [-0.15, -0.1) is 0 Å². The first-order valence-electron chi connectivity index (χ1n) is 8.88. The maximum Gasteiger partial charge on any atom is 0.251 e. The Labute approximate surface area is 158 Å². The Morgan fingerprint density at radius 2 is 2.08 bits per heavy atom. The number of halogens is 1. The molecule has 0 bridgehead atoms. The number of amides is 1. The van der Waals surface area contributed by atoms with Crippen molar-refractivity contribution in [3.05, 3.63) is 35.0 Å². The number of hydrogen-bond donors (Lipinski definition) is 3. The van der Waals surface area contributed by atoms with Crippen LogP contribution >= 0.6 is 11.6 Å². The highest BCUT2D eigenvalue weighted by Gasteiger charge is 2.23. The average Bonchev–Trinajstić information content (AvgIpc) is 3.18. The number of pyridine rings is 1. The first-order chi connectivity index (χ1) is 12.5. The van der Waals surface area contributed by atoms with Crippen LogP contribution in [0.4, 0.5) is 5.82 Å². The summed E-state index contributed by atoms with van der Waals surface area (Å²) < 4.78 is 0. The number of aromatic nitrogens is 1. The Morgan fingerprint density at radius 1 is 1.35 bits per heavy atom. The molecule has 7 heteroatoms. The first kappa shape index (κ1) is 18.5. The number of hydrogen-bond acceptors (Lipinski definition) is 3. The second-order valence-electron chi connectivity index (χ2n) is 6.76. The summed E-state index contributed by atoms with van der Waals surface area (Å²) in [7, 11) is 1.59. The molecule has 1 amide bonds. The standard InChI is InChI=1S/C19H24ClN5O/c1-11(12-5-3-4-6-12)24-18(26)13-7-8-14-15(9-13)17(23-10-16(14)20)25-19(21)22-2/h7-12H,3-6H2,1-2H3,(H,24,26)(H3,21,22,23,25). The zero-order valence-electron chi connectivity index (χ0n) is 15.1. The van der Waals surface area contributed by atoms with E-state index in [-0.39, 0.29) is 17.9 Å². The van der Waals surface area contributed by atoms with Crippen molar-refractivity contribution in [1.29, 1.82) is 0 Å². The molecule has 1 aromatic heterocycles. The van der Waals surface area contributed by atoms with Crippen LogP contribution in [-0.4, -0.2) is 29.9 Å². The molecule has 0 spiro atoms. The van der Waals surface area contributed by atoms with Crippen molar-refractivity contribution in [2.45, 2.75) is 38.6 Å². The molecule has 6 nitrogen and oxygen atoms in total. The molecular weight excluding hydrogens is 350 g/mol. The number of benzene rings is 1. The Bertz CT molecular complexity index is 845. The van der Waals surface area contributed by atoms with Gasteiger partial charge in [0.05, 0.1) is 5.02 Å². The summed E-state index contributed by atoms with van der Waals surface area (Å²) in [5.41, 5.74) is 6.33. The summed E-state index contributed by atoms with van der Waals surface area (Å²) >= 11 is 6.25. The van der Waals surface area contributed by atoms with E-state index in [1.54, 1.807) is 25.4 Å². The lowest BCUT2D eigenvalue weighted by Crippen LogP contribution is -2.37. The minimum Gasteiger partial charge on any atom is -0.370 e. The summed E-state index contributed by atoms with van der Waals surface area (Å²) in [6, 6.07) is 5.57. The highest BCUT2D eigenvalue weighted by atomic mass is 35.5. The molecule has 3 rings (SSSR count). The van der Waals surface area contributed by atoms with Gasteiger partial charge in [0.25, 0.3) is 5.91 Å². The monoisotopic (exact) mass is 373 g/mol. The van der Waals surface area contributed by atoms with Crippen molar-refractivity contribution >= 4 is 40.1 Å². The second kappa shape index (κ2) is 7.91. The van der Waals surface area contributed by atoms with Crippen LogP contribution in [0.5, 0.6) is 0 Å². The maximum absolute atomic E-state index is 12.7. The van der Waals surface area contributed by atoms with Crippen LogP contribution in [0.1, 0.15) is 43.0 Å². The normalized spacial score (nSPS) is 16.7. The van der Waals surface area contributed by atoms with Crippen molar-refractivity contribution < 1.29 is 4.79 Å². The fourth-order valence-electron chi connectivity index (χ4n) is 3.49. The molecule has 138 valence electrons. The van der Waals surface area contributed by atoms with Gasteiger partial charge in [0.1, 0.15) is 5.82 Å². The molecule has 1 aromatic carbocycles. The molecule has 2 aromatic rings. The Morgan fingerprint density at radius 3 is 2.77 bits per heavy atom. The molecule has 1 heterocycles. The number of rotatable bonds is 4. The number of nitrogens with two attached hydrogens (primary N) is 1. The van der Waals surface area contributed by atoms with Crippen molar-refractivity contribution in [3.8, 4) is 0 Å². The van der Waals surface area contributed by atoms with Crippen LogP contribution in [0.15, 0.2) is 29.4 Å². The quantitative estimate of drug-likeness (QED) is 0.564. The van der Waals surface area contributed by atoms with E-state index in [1.165, 1.54) is 25.7 Å². The molecule has 1 fully saturated rings. The minimum absolute atomic E-state index is 0.0886. The van der Waals surface area contributed by atoms with E-state index < -0.39 is 0 Å². The van der Waals surface area contributed by atoms with E-state index in [0.717, 1.165) is 10.8 Å². The molecule has 0 saturated heterocycles. The maximum atomic E-state index is 12.7. The van der Waals surface area contributed by atoms with Gasteiger partial charge in [-0.25, -0.2) is 4.98 Å². The van der Waals surface area contributed by atoms with Gasteiger partial charge in [-0.1, -0.05) is 30.5 Å². The van der Waals surface area contributed by atoms with E-state index in [4.69, 9.17) is 17.3 Å². The van der Waals surface area contributed by atoms with Gasteiger partial charge in [0.2, 0.25) is 0 Å². The van der Waals surface area contributed by atoms with Crippen molar-refractivity contribution in [1.82, 2.24) is 10.3 Å². The van der Waals surface area contributed by atoms with Gasteiger partial charge in [0, 0.05) is 35.6 Å². The first-order valence-corrected chi connectivity index (χ1v) is 9.25. The number of fused-ring (bicyclic) bond motifs is 1. The topological polar surface area (TPSA) is 92.4 Å². The van der Waals surface area contributed by atoms with E-state index in [1.807, 2.05) is 6.07 Å². The number of aliphatic imine (C=N–C) groups is 1. The Balaban J connectivity index is 1.89. The lowest BCUT2D eigenvalue weighted by atomic mass is 9.99. The summed E-state index contributed by atoms with van der Waals surface area (Å²) in [6.07, 6.45) is 6.42. The van der Waals surface area contributed by atoms with Gasteiger partial charge < -0.3 is 16.4 Å². The Hall–Kier alpha value is -2.34. The third-order valence-electron chi connectivity index (χ3n) is 5.05. The van der Waals surface area contributed by atoms with Crippen LogP contribution in [0, 0.1) is 5.92 Å². The van der Waals surface area contributed by atoms with Gasteiger partial charge in [0.15, 0.2) is 5.96 Å². The third kappa shape index (κ3) is 3.90. The molecule has 1 atom stereocenters. The highest BCUT2D eigenvalue weighted by molar-refractivity contribution is 6.36. The Kier molecular flexibility index (Phi) is 5.61. The number of anilines is 1. The zero-order valence-corrected chi connectivity index (χ0v) is 15.8. The molecule has 26 heavy (non-hydrogen) atoms. The summed E-state index contributed by atoms with van der Waals surface area (Å²) in [4.78, 5) is 20.9. The summed E-state index contributed by atoms with van der Waals surface area (Å²) in [5.74, 6) is 1.24. The number of carbonyl (C=O) groups excluding carboxylic acids is 1. The average molecular weight is 374 g/mol. The number of nitrogens with one attached hydrogen (secondary N) is 2. The van der Waals surface area contributed by atoms with E-state index in [0.29, 0.717) is 22.3 Å². The SMILES string of the molecule is CN=C(N)Nc1ncc(Cl)c2ccc(C(=O)NC(C)C3CCCC3)cc12. The molecule has 1 aliphatic carbocycles. The smallest absolute Gasteiger partial charge is 0.251 e. The number of carbonyl (C=O) groups is 1. The highest BCUT2D eigenvalue weighted by Crippen LogP contribution is 2.30. The molecular formula is C19H24ClN5O. The number of guanidine groups is 1. The van der Waals surface area contributed by atoms with Gasteiger partial charge in [-0.3, -0.25) is 9.79 Å². The fraction of sp³-hybridized carbons (Fsp3) is 0.421. The van der Waals surface area contributed by atoms with E-state index in [9.17, 15) is 4.79 Å². The van der Waals surface area contributed by atoms with Crippen molar-refractivity contribution in [3.63, 3.8) is 0 Å². The number of nitrogens with zero attached hydrogens (tertiary/aromatic N) is 2. The van der Waals surface area contributed by atoms with E-state index >= 15 is 0 Å². The minimum atomic E-state index is -0.0886. The zero-order chi connectivity index (χ0) is 18.7. The van der Waals surface area contributed by atoms with Gasteiger partial charge in [-0.05, 0) is 37.8 Å². The second-order valence-corrected chi connectivity index (χ2v) is 7.16. The predicted octanol–water partition coefficient (Wildman–Crippen LogP) is 3.55. The van der Waals surface area contributed by atoms with Crippen LogP contribution in [0.2, 0.25) is 5.02 Å². The lowest BCUT2D eigenvalue weighted by molar-refractivity contribution is 0.0927. The summed E-state index contributed by atoms with van der Waals surface area (Å²) in [5, 5.41) is 8.11. The molecule has 0 aliphatic heterocycles. The predicted molar refractivity (Wildman–Crippen MR) is 107 cm³/mol. The van der Waals surface area contributed by atoms with Crippen molar-refractivity contribution in [2.75, 3.05) is 12.4 Å². The molecule has 1 saturated carbocycles. The van der Waals surface area contributed by atoms with Crippen LogP contribution in [-0.2, 0) is 0 Å². The molecule has 0 radical (unpaired) electrons. The van der Waals surface area contributed by atoms with E-state index in [2.05, 4.69) is 27.5 Å². The fourth-order valence-corrected chi connectivity index (χ4v) is 3.71. The van der Waals surface area contributed by atoms with Gasteiger partial charge >= 0.3 is 0 Å². The van der Waals surface area contributed by atoms with Gasteiger partial charge in [-0.2, -0.15) is 0 Å². The van der Waals surface area contributed by atoms with Crippen LogP contribution < -0.4 is 16.4 Å². The largest absolute Gasteiger partial charge is 0.370 e. The molecule has 1 unspecified atom stereocenters. The lowest BCUT2D eigenvalue weighted by Gasteiger charge is -2.20. The van der Waals surface area contributed by atoms with Crippen LogP contribution in [0.3, 0.4) is 0 Å².